The number of pyridine rings is 2. The number of fused-ring (bicyclic) bond motifs is 1. The van der Waals surface area contributed by atoms with E-state index in [1.165, 1.54) is 35.5 Å². The van der Waals surface area contributed by atoms with Gasteiger partial charge < -0.3 is 19.9 Å². The van der Waals surface area contributed by atoms with Crippen molar-refractivity contribution in [2.24, 2.45) is 5.73 Å². The van der Waals surface area contributed by atoms with Crippen molar-refractivity contribution in [1.82, 2.24) is 15.0 Å². The van der Waals surface area contributed by atoms with Crippen molar-refractivity contribution >= 4 is 34.0 Å². The summed E-state index contributed by atoms with van der Waals surface area (Å²) in [4.78, 5) is 35.1. The molecule has 0 saturated carbocycles. The number of hydrogen-bond acceptors (Lipinski definition) is 9. The van der Waals surface area contributed by atoms with Gasteiger partial charge in [0.05, 0.1) is 25.9 Å². The molecule has 1 atom stereocenters. The van der Waals surface area contributed by atoms with Crippen molar-refractivity contribution in [2.45, 2.75) is 25.9 Å². The number of nitrogens with two attached hydrogens (primary N) is 1. The van der Waals surface area contributed by atoms with E-state index >= 15 is 0 Å². The number of rotatable bonds is 8. The zero-order valence-corrected chi connectivity index (χ0v) is 22.9. The molecule has 210 valence electrons. The van der Waals surface area contributed by atoms with Gasteiger partial charge in [-0.2, -0.15) is 0 Å². The van der Waals surface area contributed by atoms with E-state index in [0.29, 0.717) is 45.3 Å². The average Bonchev–Trinajstić information content (AvgIpc) is 2.97. The summed E-state index contributed by atoms with van der Waals surface area (Å²) < 4.78 is 30.4. The minimum absolute atomic E-state index is 0.187. The first kappa shape index (κ1) is 27.4. The molecule has 4 aromatic rings. The molecule has 5 rings (SSSR count). The molecule has 11 heteroatoms. The van der Waals surface area contributed by atoms with Crippen LogP contribution < -0.4 is 25.0 Å². The van der Waals surface area contributed by atoms with E-state index in [9.17, 15) is 14.0 Å². The van der Waals surface area contributed by atoms with Crippen LogP contribution in [0.25, 0.3) is 16.5 Å². The van der Waals surface area contributed by atoms with Gasteiger partial charge in [-0.3, -0.25) is 19.6 Å². The summed E-state index contributed by atoms with van der Waals surface area (Å²) in [6.45, 7) is 3.80. The predicted molar refractivity (Wildman–Crippen MR) is 151 cm³/mol. The van der Waals surface area contributed by atoms with Crippen LogP contribution in [-0.2, 0) is 9.59 Å². The van der Waals surface area contributed by atoms with E-state index in [4.69, 9.17) is 19.9 Å². The van der Waals surface area contributed by atoms with Gasteiger partial charge in [-0.1, -0.05) is 12.1 Å². The number of primary amides is 1. The van der Waals surface area contributed by atoms with Gasteiger partial charge in [-0.25, -0.2) is 14.4 Å². The lowest BCUT2D eigenvalue weighted by Gasteiger charge is -2.44. The van der Waals surface area contributed by atoms with Crippen molar-refractivity contribution in [1.29, 1.82) is 0 Å². The van der Waals surface area contributed by atoms with Crippen molar-refractivity contribution in [3.05, 3.63) is 84.6 Å². The fraction of sp³-hybridized carbons (Fsp3) is 0.200. The van der Waals surface area contributed by atoms with Gasteiger partial charge >= 0.3 is 0 Å². The molecule has 1 aliphatic heterocycles. The van der Waals surface area contributed by atoms with E-state index < -0.39 is 23.5 Å². The highest BCUT2D eigenvalue weighted by molar-refractivity contribution is 6.31. The Morgan fingerprint density at radius 2 is 1.68 bits per heavy atom. The fourth-order valence-corrected chi connectivity index (χ4v) is 4.63. The molecule has 41 heavy (non-hydrogen) atoms. The van der Waals surface area contributed by atoms with Gasteiger partial charge in [-0.15, -0.1) is 0 Å². The number of carbonyl (C=O) groups excluding carboxylic acids is 2. The lowest BCUT2D eigenvalue weighted by molar-refractivity contribution is -0.127. The standard InChI is InChI=1S/C30H28FN5O5/c1-17(2)35-16-22(18-5-7-19(31)8-6-18)29(37)28(30(32)38)36(35)27-10-9-20(15-34-27)41-24-11-12-33-23-14-26(40-4)25(39-3)13-21(23)24/h5-17,28H,1-4H3,(H2,32,38). The maximum Gasteiger partial charge on any atom is 0.250 e. The fourth-order valence-electron chi connectivity index (χ4n) is 4.63. The van der Waals surface area contributed by atoms with Crippen LogP contribution in [0.4, 0.5) is 10.2 Å². The van der Waals surface area contributed by atoms with Gasteiger partial charge in [-0.05, 0) is 55.8 Å². The molecule has 2 N–H and O–H groups in total. The number of aromatic nitrogens is 2. The summed E-state index contributed by atoms with van der Waals surface area (Å²) in [5, 5.41) is 3.88. The number of hydrazine groups is 1. The SMILES string of the molecule is COc1cc2nccc(Oc3ccc(N4C(C(N)=O)C(=O)C(c5ccc(F)cc5)=CN4C(C)C)nc3)c2cc1OC. The smallest absolute Gasteiger partial charge is 0.250 e. The number of benzene rings is 2. The lowest BCUT2D eigenvalue weighted by Crippen LogP contribution is -2.60. The molecule has 0 fully saturated rings. The molecule has 2 aromatic heterocycles. The molecule has 3 heterocycles. The largest absolute Gasteiger partial charge is 0.493 e. The number of ketones is 1. The quantitative estimate of drug-likeness (QED) is 0.313. The molecule has 0 saturated heterocycles. The van der Waals surface area contributed by atoms with Gasteiger partial charge in [0.25, 0.3) is 0 Å². The van der Waals surface area contributed by atoms with Crippen LogP contribution in [0.5, 0.6) is 23.0 Å². The summed E-state index contributed by atoms with van der Waals surface area (Å²) in [6, 6.07) is 12.5. The molecular formula is C30H28FN5O5. The molecule has 0 radical (unpaired) electrons. The number of hydrogen-bond donors (Lipinski definition) is 1. The normalized spacial score (nSPS) is 15.2. The average molecular weight is 558 g/mol. The van der Waals surface area contributed by atoms with Crippen LogP contribution in [0, 0.1) is 5.82 Å². The highest BCUT2D eigenvalue weighted by Gasteiger charge is 2.42. The van der Waals surface area contributed by atoms with E-state index in [0.717, 1.165) is 0 Å². The van der Waals surface area contributed by atoms with E-state index in [1.807, 2.05) is 13.8 Å². The number of halogens is 1. The summed E-state index contributed by atoms with van der Waals surface area (Å²) in [5.41, 5.74) is 7.12. The summed E-state index contributed by atoms with van der Waals surface area (Å²) in [7, 11) is 3.10. The minimum atomic E-state index is -1.37. The van der Waals surface area contributed by atoms with Crippen molar-refractivity contribution in [3.63, 3.8) is 0 Å². The number of anilines is 1. The van der Waals surface area contributed by atoms with Crippen LogP contribution in [0.15, 0.2) is 73.2 Å². The molecule has 0 spiro atoms. The maximum atomic E-state index is 13.5. The zero-order valence-electron chi connectivity index (χ0n) is 22.9. The Kier molecular flexibility index (Phi) is 7.43. The number of Topliss-reactive ketones (excluding diaryl/α,β-unsaturated/α-hetero) is 1. The number of ether oxygens (including phenoxy) is 3. The van der Waals surface area contributed by atoms with E-state index in [-0.39, 0.29) is 11.6 Å². The number of nitrogens with zero attached hydrogens (tertiary/aromatic N) is 4. The van der Waals surface area contributed by atoms with E-state index in [1.54, 1.807) is 62.0 Å². The molecule has 1 unspecified atom stereocenters. The summed E-state index contributed by atoms with van der Waals surface area (Å²) >= 11 is 0. The second-order valence-electron chi connectivity index (χ2n) is 9.52. The number of methoxy groups -OCH3 is 2. The van der Waals surface area contributed by atoms with Crippen molar-refractivity contribution in [3.8, 4) is 23.0 Å². The van der Waals surface area contributed by atoms with Crippen molar-refractivity contribution in [2.75, 3.05) is 19.2 Å². The van der Waals surface area contributed by atoms with Gasteiger partial charge in [0.2, 0.25) is 5.91 Å². The second kappa shape index (κ2) is 11.1. The predicted octanol–water partition coefficient (Wildman–Crippen LogP) is 4.49. The third-order valence-corrected chi connectivity index (χ3v) is 6.61. The van der Waals surface area contributed by atoms with Crippen LogP contribution in [0.3, 0.4) is 0 Å². The third kappa shape index (κ3) is 5.21. The lowest BCUT2D eigenvalue weighted by atomic mass is 9.95. The Labute approximate surface area is 235 Å². The molecule has 0 aliphatic carbocycles. The van der Waals surface area contributed by atoms with Gasteiger partial charge in [0, 0.05) is 35.5 Å². The Balaban J connectivity index is 1.49. The Bertz CT molecular complexity index is 1640. The topological polar surface area (TPSA) is 120 Å². The Morgan fingerprint density at radius 3 is 2.29 bits per heavy atom. The maximum absolute atomic E-state index is 13.5. The number of amides is 1. The molecule has 2 aromatic carbocycles. The molecule has 10 nitrogen and oxygen atoms in total. The third-order valence-electron chi connectivity index (χ3n) is 6.61. The molecule has 1 aliphatic rings. The van der Waals surface area contributed by atoms with Crippen molar-refractivity contribution < 1.29 is 28.2 Å². The first-order chi connectivity index (χ1) is 19.7. The van der Waals surface area contributed by atoms with Crippen LogP contribution in [0.2, 0.25) is 0 Å². The monoisotopic (exact) mass is 557 g/mol. The zero-order chi connectivity index (χ0) is 29.3. The highest BCUT2D eigenvalue weighted by atomic mass is 19.1. The Morgan fingerprint density at radius 1 is 0.976 bits per heavy atom. The first-order valence-electron chi connectivity index (χ1n) is 12.7. The second-order valence-corrected chi connectivity index (χ2v) is 9.52. The highest BCUT2D eigenvalue weighted by Crippen LogP contribution is 2.37. The van der Waals surface area contributed by atoms with Crippen LogP contribution in [-0.4, -0.2) is 53.0 Å². The molecule has 1 amide bonds. The van der Waals surface area contributed by atoms with Gasteiger partial charge in [0.15, 0.2) is 23.3 Å². The molecule has 0 bridgehead atoms. The van der Waals surface area contributed by atoms with Gasteiger partial charge in [0.1, 0.15) is 23.1 Å². The summed E-state index contributed by atoms with van der Waals surface area (Å²) in [5.74, 6) is 0.513. The summed E-state index contributed by atoms with van der Waals surface area (Å²) in [6.07, 6.45) is 4.73. The Hall–Kier alpha value is -5.19. The van der Waals surface area contributed by atoms with E-state index in [2.05, 4.69) is 9.97 Å². The van der Waals surface area contributed by atoms with Crippen LogP contribution >= 0.6 is 0 Å². The molecular weight excluding hydrogens is 529 g/mol. The minimum Gasteiger partial charge on any atom is -0.493 e. The first-order valence-corrected chi connectivity index (χ1v) is 12.7. The number of carbonyl (C=O) groups is 2. The van der Waals surface area contributed by atoms with Crippen LogP contribution in [0.1, 0.15) is 19.4 Å².